The minimum atomic E-state index is -0.864. The third kappa shape index (κ3) is 4.20. The van der Waals surface area contributed by atoms with Crippen LogP contribution in [0.15, 0.2) is 24.3 Å². The maximum absolute atomic E-state index is 12.1. The molecule has 0 atom stereocenters. The second-order valence-electron chi connectivity index (χ2n) is 5.42. The van der Waals surface area contributed by atoms with Crippen molar-refractivity contribution in [2.75, 3.05) is 38.2 Å². The van der Waals surface area contributed by atoms with Crippen molar-refractivity contribution in [3.05, 3.63) is 28.7 Å². The van der Waals surface area contributed by atoms with Gasteiger partial charge in [0.25, 0.3) is 0 Å². The molecule has 0 spiro atoms. The molecule has 6 nitrogen and oxygen atoms in total. The first-order valence-corrected chi connectivity index (χ1v) is 9.20. The molecule has 0 radical (unpaired) electrons. The first-order valence-electron chi connectivity index (χ1n) is 7.49. The van der Waals surface area contributed by atoms with Crippen molar-refractivity contribution in [3.8, 4) is 0 Å². The topological polar surface area (TPSA) is 78.9 Å². The monoisotopic (exact) mass is 382 g/mol. The molecule has 1 amide bonds. The fourth-order valence-corrected chi connectivity index (χ4v) is 4.38. The van der Waals surface area contributed by atoms with Crippen molar-refractivity contribution in [1.82, 2.24) is 4.90 Å². The summed E-state index contributed by atoms with van der Waals surface area (Å²) in [5, 5.41) is 12.8. The van der Waals surface area contributed by atoms with Crippen LogP contribution in [-0.2, 0) is 9.53 Å². The van der Waals surface area contributed by atoms with Gasteiger partial charge in [-0.05, 0) is 0 Å². The Morgan fingerprint density at radius 2 is 2.04 bits per heavy atom. The average Bonchev–Trinajstić information content (AvgIpc) is 2.97. The molecule has 0 unspecified atom stereocenters. The Bertz CT molecular complexity index is 722. The molecule has 23 heavy (non-hydrogen) atoms. The van der Waals surface area contributed by atoms with Gasteiger partial charge in [-0.3, -0.25) is 0 Å². The van der Waals surface area contributed by atoms with Gasteiger partial charge in [-0.25, -0.2) is 0 Å². The van der Waals surface area contributed by atoms with E-state index in [1.54, 1.807) is 6.07 Å². The average molecular weight is 381 g/mol. The molecule has 1 saturated heterocycles. The fourth-order valence-electron chi connectivity index (χ4n) is 2.53. The van der Waals surface area contributed by atoms with E-state index in [9.17, 15) is 9.59 Å². The summed E-state index contributed by atoms with van der Waals surface area (Å²) >= 11 is -0.153. The van der Waals surface area contributed by atoms with Crippen molar-refractivity contribution in [3.63, 3.8) is 0 Å². The number of carboxylic acid groups (broad SMARTS) is 1. The normalized spacial score (nSPS) is 15.7. The maximum atomic E-state index is 12.1. The number of aromatic carboxylic acids is 1. The Labute approximate surface area is 139 Å². The third-order valence-electron chi connectivity index (χ3n) is 3.77. The SMILES string of the molecule is O=C(CCN1CCOCC1)Nc1ccc2[se]c(C(=O)O)cc2c1. The van der Waals surface area contributed by atoms with Gasteiger partial charge < -0.3 is 0 Å². The van der Waals surface area contributed by atoms with Crippen LogP contribution in [0.5, 0.6) is 0 Å². The van der Waals surface area contributed by atoms with E-state index in [-0.39, 0.29) is 20.4 Å². The van der Waals surface area contributed by atoms with Crippen LogP contribution < -0.4 is 5.32 Å². The van der Waals surface area contributed by atoms with E-state index in [4.69, 9.17) is 9.84 Å². The van der Waals surface area contributed by atoms with E-state index >= 15 is 0 Å². The molecule has 1 aliphatic heterocycles. The summed E-state index contributed by atoms with van der Waals surface area (Å²) in [6.45, 7) is 3.93. The standard InChI is InChI=1S/C16H18N2O4Se/c19-15(3-4-18-5-7-22-8-6-18)17-12-1-2-13-11(9-12)10-14(23-13)16(20)21/h1-2,9-10H,3-8H2,(H,17,19)(H,20,21). The van der Waals surface area contributed by atoms with Gasteiger partial charge in [-0.15, -0.1) is 0 Å². The number of hydrogen-bond donors (Lipinski definition) is 2. The molecule has 0 aliphatic carbocycles. The Morgan fingerprint density at radius 3 is 2.78 bits per heavy atom. The molecule has 1 aliphatic rings. The van der Waals surface area contributed by atoms with Gasteiger partial charge in [-0.1, -0.05) is 0 Å². The van der Waals surface area contributed by atoms with Crippen LogP contribution in [0.4, 0.5) is 5.69 Å². The molecule has 0 saturated carbocycles. The molecular formula is C16H18N2O4Se. The van der Waals surface area contributed by atoms with Crippen molar-refractivity contribution in [1.29, 1.82) is 0 Å². The molecule has 2 N–H and O–H groups in total. The van der Waals surface area contributed by atoms with E-state index in [2.05, 4.69) is 10.2 Å². The molecular weight excluding hydrogens is 363 g/mol. The number of amides is 1. The minimum absolute atomic E-state index is 0.0256. The zero-order chi connectivity index (χ0) is 16.2. The third-order valence-corrected chi connectivity index (χ3v) is 6.09. The van der Waals surface area contributed by atoms with Crippen LogP contribution in [0.3, 0.4) is 0 Å². The van der Waals surface area contributed by atoms with E-state index in [0.717, 1.165) is 48.2 Å². The van der Waals surface area contributed by atoms with Gasteiger partial charge in [0.2, 0.25) is 0 Å². The molecule has 2 heterocycles. The van der Waals surface area contributed by atoms with Gasteiger partial charge in [0.1, 0.15) is 0 Å². The molecule has 1 aromatic heterocycles. The molecule has 2 aromatic rings. The van der Waals surface area contributed by atoms with Gasteiger partial charge in [0.15, 0.2) is 0 Å². The predicted octanol–water partition coefficient (Wildman–Crippen LogP) is 1.26. The fraction of sp³-hybridized carbons (Fsp3) is 0.375. The number of nitrogens with zero attached hydrogens (tertiary/aromatic N) is 1. The van der Waals surface area contributed by atoms with E-state index < -0.39 is 5.97 Å². The summed E-state index contributed by atoms with van der Waals surface area (Å²) in [6, 6.07) is 7.28. The number of carbonyl (C=O) groups is 2. The van der Waals surface area contributed by atoms with Crippen LogP contribution in [0.1, 0.15) is 15.7 Å². The number of benzene rings is 1. The number of nitrogens with one attached hydrogen (secondary N) is 1. The van der Waals surface area contributed by atoms with Crippen molar-refractivity contribution >= 4 is 41.7 Å². The molecule has 3 rings (SSSR count). The number of morpholine rings is 1. The summed E-state index contributed by atoms with van der Waals surface area (Å²) in [5.41, 5.74) is 0.717. The summed E-state index contributed by atoms with van der Waals surface area (Å²) < 4.78 is 6.77. The predicted molar refractivity (Wildman–Crippen MR) is 88.4 cm³/mol. The molecule has 122 valence electrons. The Hall–Kier alpha value is -1.66. The summed E-state index contributed by atoms with van der Waals surface area (Å²) in [5.74, 6) is -0.889. The summed E-state index contributed by atoms with van der Waals surface area (Å²) in [6.07, 6.45) is 0.442. The molecule has 1 aromatic carbocycles. The second kappa shape index (κ2) is 7.27. The van der Waals surface area contributed by atoms with E-state index in [1.165, 1.54) is 0 Å². The van der Waals surface area contributed by atoms with Crippen LogP contribution in [0.25, 0.3) is 9.65 Å². The second-order valence-corrected chi connectivity index (χ2v) is 7.69. The van der Waals surface area contributed by atoms with Crippen molar-refractivity contribution in [2.24, 2.45) is 0 Å². The molecule has 1 fully saturated rings. The van der Waals surface area contributed by atoms with Crippen LogP contribution in [-0.4, -0.2) is 69.2 Å². The Kier molecular flexibility index (Phi) is 5.13. The number of fused-ring (bicyclic) bond motifs is 1. The van der Waals surface area contributed by atoms with Crippen molar-refractivity contribution < 1.29 is 19.4 Å². The van der Waals surface area contributed by atoms with Gasteiger partial charge in [-0.2, -0.15) is 0 Å². The van der Waals surface area contributed by atoms with Gasteiger partial charge in [0.05, 0.1) is 0 Å². The van der Waals surface area contributed by atoms with Gasteiger partial charge >= 0.3 is 139 Å². The van der Waals surface area contributed by atoms with Gasteiger partial charge in [0, 0.05) is 0 Å². The number of ether oxygens (including phenoxy) is 1. The number of rotatable bonds is 5. The van der Waals surface area contributed by atoms with E-state index in [1.807, 2.05) is 18.2 Å². The zero-order valence-electron chi connectivity index (χ0n) is 12.6. The zero-order valence-corrected chi connectivity index (χ0v) is 14.3. The Morgan fingerprint density at radius 1 is 1.26 bits per heavy atom. The number of carbonyl (C=O) groups excluding carboxylic acids is 1. The van der Waals surface area contributed by atoms with Crippen LogP contribution in [0.2, 0.25) is 0 Å². The quantitative estimate of drug-likeness (QED) is 0.763. The molecule has 0 bridgehead atoms. The van der Waals surface area contributed by atoms with Crippen LogP contribution >= 0.6 is 0 Å². The van der Waals surface area contributed by atoms with E-state index in [0.29, 0.717) is 10.9 Å². The van der Waals surface area contributed by atoms with Crippen molar-refractivity contribution in [2.45, 2.75) is 6.42 Å². The van der Waals surface area contributed by atoms with Crippen LogP contribution in [0, 0.1) is 0 Å². The molecule has 7 heteroatoms. The number of hydrogen-bond acceptors (Lipinski definition) is 4. The number of anilines is 1. The Balaban J connectivity index is 1.59. The first-order chi connectivity index (χ1) is 11.1. The number of carboxylic acids is 1. The first kappa shape index (κ1) is 16.2. The summed E-state index contributed by atoms with van der Waals surface area (Å²) in [4.78, 5) is 25.3. The summed E-state index contributed by atoms with van der Waals surface area (Å²) in [7, 11) is 0.